The molecule has 0 spiro atoms. The minimum Gasteiger partial charge on any atom is -0.493 e. The summed E-state index contributed by atoms with van der Waals surface area (Å²) in [6.07, 6.45) is 0. The Bertz CT molecular complexity index is 520. The topological polar surface area (TPSA) is 35.2 Å². The van der Waals surface area contributed by atoms with Gasteiger partial charge in [-0.15, -0.1) is 11.8 Å². The summed E-state index contributed by atoms with van der Waals surface area (Å²) in [7, 11) is 0. The fraction of sp³-hybridized carbons (Fsp3) is 0.294. The van der Waals surface area contributed by atoms with Crippen LogP contribution in [0.5, 0.6) is 5.75 Å². The molecule has 2 nitrogen and oxygen atoms in total. The minimum atomic E-state index is 0.560. The molecule has 3 heteroatoms. The van der Waals surface area contributed by atoms with E-state index < -0.39 is 0 Å². The SMILES string of the molecule is CC(C)c1ccc(OCCSc2ccc(N)cc2)cc1. The van der Waals surface area contributed by atoms with Gasteiger partial charge in [-0.05, 0) is 47.9 Å². The van der Waals surface area contributed by atoms with Gasteiger partial charge in [0.15, 0.2) is 0 Å². The van der Waals surface area contributed by atoms with Crippen molar-refractivity contribution >= 4 is 17.4 Å². The van der Waals surface area contributed by atoms with Gasteiger partial charge in [0.2, 0.25) is 0 Å². The lowest BCUT2D eigenvalue weighted by atomic mass is 10.0. The molecule has 0 aliphatic carbocycles. The summed E-state index contributed by atoms with van der Waals surface area (Å²) < 4.78 is 5.74. The van der Waals surface area contributed by atoms with Crippen LogP contribution in [0.2, 0.25) is 0 Å². The highest BCUT2D eigenvalue weighted by Gasteiger charge is 2.00. The number of rotatable bonds is 6. The number of nitrogens with two attached hydrogens (primary N) is 1. The van der Waals surface area contributed by atoms with Gasteiger partial charge in [0.1, 0.15) is 5.75 Å². The Morgan fingerprint density at radius 2 is 1.65 bits per heavy atom. The Kier molecular flexibility index (Phi) is 5.36. The van der Waals surface area contributed by atoms with Gasteiger partial charge >= 0.3 is 0 Å². The maximum Gasteiger partial charge on any atom is 0.119 e. The molecule has 106 valence electrons. The van der Waals surface area contributed by atoms with Gasteiger partial charge in [0.25, 0.3) is 0 Å². The standard InChI is InChI=1S/C17H21NOS/c1-13(2)14-3-7-16(8-4-14)19-11-12-20-17-9-5-15(18)6-10-17/h3-10,13H,11-12,18H2,1-2H3. The predicted molar refractivity (Wildman–Crippen MR) is 87.6 cm³/mol. The fourth-order valence-corrected chi connectivity index (χ4v) is 2.56. The molecule has 2 aromatic rings. The molecule has 0 aliphatic heterocycles. The number of nitrogen functional groups attached to an aromatic ring is 1. The quantitative estimate of drug-likeness (QED) is 0.480. The Hall–Kier alpha value is -1.61. The van der Waals surface area contributed by atoms with Crippen molar-refractivity contribution in [3.63, 3.8) is 0 Å². The van der Waals surface area contributed by atoms with Crippen LogP contribution >= 0.6 is 11.8 Å². The molecule has 20 heavy (non-hydrogen) atoms. The lowest BCUT2D eigenvalue weighted by molar-refractivity contribution is 0.344. The van der Waals surface area contributed by atoms with Crippen LogP contribution in [0.3, 0.4) is 0 Å². The Morgan fingerprint density at radius 3 is 2.25 bits per heavy atom. The predicted octanol–water partition coefficient (Wildman–Crippen LogP) is 4.56. The van der Waals surface area contributed by atoms with Gasteiger partial charge < -0.3 is 10.5 Å². The molecule has 0 fully saturated rings. The molecule has 0 unspecified atom stereocenters. The molecule has 0 heterocycles. The first kappa shape index (κ1) is 14.8. The first-order chi connectivity index (χ1) is 9.65. The largest absolute Gasteiger partial charge is 0.493 e. The summed E-state index contributed by atoms with van der Waals surface area (Å²) in [6, 6.07) is 16.3. The number of hydrogen-bond acceptors (Lipinski definition) is 3. The van der Waals surface area contributed by atoms with E-state index in [9.17, 15) is 0 Å². The third-order valence-corrected chi connectivity index (χ3v) is 4.02. The smallest absolute Gasteiger partial charge is 0.119 e. The van der Waals surface area contributed by atoms with Crippen molar-refractivity contribution in [3.05, 3.63) is 54.1 Å². The third-order valence-electron chi connectivity index (χ3n) is 3.05. The molecular weight excluding hydrogens is 266 g/mol. The van der Waals surface area contributed by atoms with E-state index in [1.54, 1.807) is 11.8 Å². The van der Waals surface area contributed by atoms with Crippen molar-refractivity contribution < 1.29 is 4.74 Å². The van der Waals surface area contributed by atoms with E-state index in [0.717, 1.165) is 17.2 Å². The van der Waals surface area contributed by atoms with Gasteiger partial charge in [0, 0.05) is 16.3 Å². The molecule has 0 bridgehead atoms. The summed E-state index contributed by atoms with van der Waals surface area (Å²) in [5, 5.41) is 0. The first-order valence-corrected chi connectivity index (χ1v) is 7.85. The molecule has 0 saturated carbocycles. The average molecular weight is 287 g/mol. The highest BCUT2D eigenvalue weighted by atomic mass is 32.2. The van der Waals surface area contributed by atoms with E-state index in [-0.39, 0.29) is 0 Å². The zero-order valence-electron chi connectivity index (χ0n) is 12.0. The molecule has 0 aliphatic rings. The van der Waals surface area contributed by atoms with E-state index in [1.807, 2.05) is 36.4 Å². The van der Waals surface area contributed by atoms with Crippen LogP contribution in [-0.4, -0.2) is 12.4 Å². The molecular formula is C17H21NOS. The van der Waals surface area contributed by atoms with Gasteiger partial charge in [-0.25, -0.2) is 0 Å². The molecule has 2 N–H and O–H groups in total. The highest BCUT2D eigenvalue weighted by Crippen LogP contribution is 2.21. The molecule has 0 atom stereocenters. The van der Waals surface area contributed by atoms with Crippen LogP contribution in [0.4, 0.5) is 5.69 Å². The Morgan fingerprint density at radius 1 is 1.00 bits per heavy atom. The van der Waals surface area contributed by atoms with Crippen molar-refractivity contribution in [1.29, 1.82) is 0 Å². The number of benzene rings is 2. The Labute approximate surface area is 125 Å². The molecule has 0 saturated heterocycles. The minimum absolute atomic E-state index is 0.560. The summed E-state index contributed by atoms with van der Waals surface area (Å²) in [6.45, 7) is 5.09. The second-order valence-electron chi connectivity index (χ2n) is 4.99. The Balaban J connectivity index is 1.74. The van der Waals surface area contributed by atoms with Crippen LogP contribution in [0, 0.1) is 0 Å². The second-order valence-corrected chi connectivity index (χ2v) is 6.16. The van der Waals surface area contributed by atoms with Crippen molar-refractivity contribution in [2.75, 3.05) is 18.1 Å². The molecule has 0 radical (unpaired) electrons. The van der Waals surface area contributed by atoms with E-state index >= 15 is 0 Å². The monoisotopic (exact) mass is 287 g/mol. The van der Waals surface area contributed by atoms with Crippen LogP contribution < -0.4 is 10.5 Å². The van der Waals surface area contributed by atoms with Crippen molar-refractivity contribution in [2.24, 2.45) is 0 Å². The number of thioether (sulfide) groups is 1. The number of anilines is 1. The maximum absolute atomic E-state index is 5.74. The second kappa shape index (κ2) is 7.25. The van der Waals surface area contributed by atoms with E-state index in [1.165, 1.54) is 10.5 Å². The normalized spacial score (nSPS) is 10.8. The van der Waals surface area contributed by atoms with Gasteiger partial charge in [-0.3, -0.25) is 0 Å². The lowest BCUT2D eigenvalue weighted by Crippen LogP contribution is -2.00. The van der Waals surface area contributed by atoms with Crippen LogP contribution in [0.15, 0.2) is 53.4 Å². The van der Waals surface area contributed by atoms with Gasteiger partial charge in [0.05, 0.1) is 6.61 Å². The summed E-state index contributed by atoms with van der Waals surface area (Å²) in [5.41, 5.74) is 7.80. The molecule has 0 amide bonds. The zero-order valence-corrected chi connectivity index (χ0v) is 12.8. The third kappa shape index (κ3) is 4.49. The van der Waals surface area contributed by atoms with Gasteiger partial charge in [-0.2, -0.15) is 0 Å². The fourth-order valence-electron chi connectivity index (χ4n) is 1.83. The molecule has 2 aromatic carbocycles. The number of ether oxygens (including phenoxy) is 1. The summed E-state index contributed by atoms with van der Waals surface area (Å²) in [4.78, 5) is 1.22. The maximum atomic E-state index is 5.74. The summed E-state index contributed by atoms with van der Waals surface area (Å²) in [5.74, 6) is 2.42. The average Bonchev–Trinajstić information content (AvgIpc) is 2.46. The van der Waals surface area contributed by atoms with Crippen LogP contribution in [0.25, 0.3) is 0 Å². The zero-order chi connectivity index (χ0) is 14.4. The van der Waals surface area contributed by atoms with Crippen molar-refractivity contribution in [3.8, 4) is 5.75 Å². The van der Waals surface area contributed by atoms with Crippen LogP contribution in [0.1, 0.15) is 25.3 Å². The molecule has 0 aromatic heterocycles. The summed E-state index contributed by atoms with van der Waals surface area (Å²) >= 11 is 1.78. The van der Waals surface area contributed by atoms with E-state index in [0.29, 0.717) is 12.5 Å². The van der Waals surface area contributed by atoms with E-state index in [2.05, 4.69) is 26.0 Å². The van der Waals surface area contributed by atoms with Crippen molar-refractivity contribution in [2.45, 2.75) is 24.7 Å². The number of hydrogen-bond donors (Lipinski definition) is 1. The highest BCUT2D eigenvalue weighted by molar-refractivity contribution is 7.99. The first-order valence-electron chi connectivity index (χ1n) is 6.86. The lowest BCUT2D eigenvalue weighted by Gasteiger charge is -2.09. The molecule has 2 rings (SSSR count). The van der Waals surface area contributed by atoms with Gasteiger partial charge in [-0.1, -0.05) is 26.0 Å². The van der Waals surface area contributed by atoms with Crippen LogP contribution in [-0.2, 0) is 0 Å². The van der Waals surface area contributed by atoms with E-state index in [4.69, 9.17) is 10.5 Å². The van der Waals surface area contributed by atoms with Crippen molar-refractivity contribution in [1.82, 2.24) is 0 Å².